The van der Waals surface area contributed by atoms with E-state index in [0.29, 0.717) is 30.3 Å². The number of benzene rings is 3. The molecule has 1 fully saturated rings. The van der Waals surface area contributed by atoms with Gasteiger partial charge in [-0.1, -0.05) is 41.4 Å². The third-order valence-electron chi connectivity index (χ3n) is 6.58. The normalized spacial score (nSPS) is 18.9. The number of fused-ring (bicyclic) bond motifs is 3. The topological polar surface area (TPSA) is 67.1 Å². The van der Waals surface area contributed by atoms with Gasteiger partial charge >= 0.3 is 6.09 Å². The first-order valence-electron chi connectivity index (χ1n) is 11.7. The van der Waals surface area contributed by atoms with Crippen molar-refractivity contribution in [2.75, 3.05) is 19.8 Å². The smallest absolute Gasteiger partial charge is 0.416 e. The number of amides is 1. The number of halogens is 1. The van der Waals surface area contributed by atoms with Gasteiger partial charge in [-0.25, -0.2) is 4.79 Å². The molecule has 2 atom stereocenters. The Bertz CT molecular complexity index is 1380. The van der Waals surface area contributed by atoms with Gasteiger partial charge in [0.1, 0.15) is 30.3 Å². The highest BCUT2D eigenvalue weighted by molar-refractivity contribution is 6.31. The molecule has 178 valence electrons. The zero-order chi connectivity index (χ0) is 23.9. The van der Waals surface area contributed by atoms with Crippen LogP contribution in [0, 0.1) is 6.92 Å². The summed E-state index contributed by atoms with van der Waals surface area (Å²) in [6.07, 6.45) is 0.519. The average molecular weight is 489 g/mol. The quantitative estimate of drug-likeness (QED) is 0.347. The fourth-order valence-corrected chi connectivity index (χ4v) is 4.84. The van der Waals surface area contributed by atoms with E-state index >= 15 is 0 Å². The molecular formula is C28H25ClN2O4. The first kappa shape index (κ1) is 22.0. The van der Waals surface area contributed by atoms with E-state index in [1.807, 2.05) is 73.7 Å². The number of nitrogens with one attached hydrogen (secondary N) is 1. The fraction of sp³-hybridized carbons (Fsp3) is 0.250. The van der Waals surface area contributed by atoms with Crippen LogP contribution in [0.3, 0.4) is 0 Å². The zero-order valence-electron chi connectivity index (χ0n) is 19.3. The van der Waals surface area contributed by atoms with Crippen molar-refractivity contribution in [2.45, 2.75) is 25.5 Å². The molecule has 3 heterocycles. The molecule has 6 rings (SSSR count). The van der Waals surface area contributed by atoms with Crippen molar-refractivity contribution in [3.63, 3.8) is 0 Å². The van der Waals surface area contributed by atoms with Crippen LogP contribution in [0.5, 0.6) is 11.5 Å². The number of ether oxygens (including phenoxy) is 3. The number of hydrogen-bond donors (Lipinski definition) is 1. The van der Waals surface area contributed by atoms with E-state index < -0.39 is 0 Å². The number of carbonyl (C=O) groups excluding carboxylic acids is 1. The van der Waals surface area contributed by atoms with Crippen molar-refractivity contribution in [2.24, 2.45) is 0 Å². The number of hydrogen-bond acceptors (Lipinski definition) is 4. The van der Waals surface area contributed by atoms with Crippen LogP contribution in [-0.2, 0) is 11.2 Å². The molecule has 4 aromatic rings. The summed E-state index contributed by atoms with van der Waals surface area (Å²) in [7, 11) is 0. The molecule has 35 heavy (non-hydrogen) atoms. The third-order valence-corrected chi connectivity index (χ3v) is 6.82. The predicted molar refractivity (Wildman–Crippen MR) is 134 cm³/mol. The van der Waals surface area contributed by atoms with Crippen LogP contribution in [-0.4, -0.2) is 41.8 Å². The van der Waals surface area contributed by atoms with Crippen LogP contribution in [0.1, 0.15) is 28.4 Å². The molecule has 0 radical (unpaired) electrons. The molecule has 7 heteroatoms. The van der Waals surface area contributed by atoms with Gasteiger partial charge < -0.3 is 19.2 Å². The van der Waals surface area contributed by atoms with Crippen LogP contribution in [0.25, 0.3) is 10.9 Å². The summed E-state index contributed by atoms with van der Waals surface area (Å²) >= 11 is 6.30. The second kappa shape index (κ2) is 8.95. The molecule has 0 aliphatic carbocycles. The molecule has 1 aromatic heterocycles. The summed E-state index contributed by atoms with van der Waals surface area (Å²) in [5, 5.41) is 1.78. The molecule has 0 spiro atoms. The molecule has 2 aliphatic rings. The van der Waals surface area contributed by atoms with Crippen molar-refractivity contribution in [3.8, 4) is 11.5 Å². The van der Waals surface area contributed by atoms with E-state index in [-0.39, 0.29) is 18.2 Å². The van der Waals surface area contributed by atoms with E-state index in [9.17, 15) is 4.79 Å². The maximum atomic E-state index is 13.4. The number of aryl methyl sites for hydroxylation is 1. The van der Waals surface area contributed by atoms with E-state index in [4.69, 9.17) is 25.8 Å². The average Bonchev–Trinajstić information content (AvgIpc) is 3.63. The summed E-state index contributed by atoms with van der Waals surface area (Å²) < 4.78 is 16.8. The minimum Gasteiger partial charge on any atom is -0.491 e. The van der Waals surface area contributed by atoms with E-state index in [1.54, 1.807) is 4.90 Å². The molecule has 6 nitrogen and oxygen atoms in total. The third kappa shape index (κ3) is 4.47. The van der Waals surface area contributed by atoms with Gasteiger partial charge in [-0.3, -0.25) is 4.90 Å². The van der Waals surface area contributed by atoms with Crippen LogP contribution >= 0.6 is 11.6 Å². The van der Waals surface area contributed by atoms with Crippen LogP contribution < -0.4 is 9.47 Å². The molecule has 1 saturated heterocycles. The highest BCUT2D eigenvalue weighted by atomic mass is 35.5. The van der Waals surface area contributed by atoms with Crippen molar-refractivity contribution in [1.82, 2.24) is 9.88 Å². The number of nitrogens with zero attached hydrogens (tertiary/aromatic N) is 1. The Balaban J connectivity index is 1.35. The van der Waals surface area contributed by atoms with Gasteiger partial charge in [0.2, 0.25) is 0 Å². The van der Waals surface area contributed by atoms with Crippen LogP contribution in [0.15, 0.2) is 66.7 Å². The lowest BCUT2D eigenvalue weighted by Crippen LogP contribution is -2.42. The second-order valence-electron chi connectivity index (χ2n) is 9.07. The van der Waals surface area contributed by atoms with Gasteiger partial charge in [-0.2, -0.15) is 0 Å². The van der Waals surface area contributed by atoms with Gasteiger partial charge in [-0.05, 0) is 66.9 Å². The van der Waals surface area contributed by atoms with Crippen molar-refractivity contribution in [3.05, 3.63) is 94.1 Å². The summed E-state index contributed by atoms with van der Waals surface area (Å²) in [6.45, 7) is 3.83. The molecule has 2 unspecified atom stereocenters. The monoisotopic (exact) mass is 488 g/mol. The summed E-state index contributed by atoms with van der Waals surface area (Å²) in [5.74, 6) is 1.30. The predicted octanol–water partition coefficient (Wildman–Crippen LogP) is 6.05. The maximum absolute atomic E-state index is 13.4. The Morgan fingerprint density at radius 1 is 1.09 bits per heavy atom. The van der Waals surface area contributed by atoms with Gasteiger partial charge in [0.05, 0.1) is 6.61 Å². The lowest BCUT2D eigenvalue weighted by Gasteiger charge is -2.35. The van der Waals surface area contributed by atoms with Crippen LogP contribution in [0.4, 0.5) is 4.79 Å². The first-order valence-corrected chi connectivity index (χ1v) is 12.1. The highest BCUT2D eigenvalue weighted by Gasteiger charge is 2.36. The van der Waals surface area contributed by atoms with E-state index in [2.05, 4.69) is 4.98 Å². The fourth-order valence-electron chi connectivity index (χ4n) is 4.67. The SMILES string of the molecule is Cc1ccc(OC(=O)N2CCc3c([nH]c4ccc(Cl)cc34)C2c2ccc(OCC3CO3)cc2)cc1. The van der Waals surface area contributed by atoms with Crippen LogP contribution in [0.2, 0.25) is 5.02 Å². The number of carbonyl (C=O) groups is 1. The molecule has 3 aromatic carbocycles. The number of aromatic nitrogens is 1. The minimum absolute atomic E-state index is 0.195. The summed E-state index contributed by atoms with van der Waals surface area (Å²) in [5.41, 5.74) is 5.24. The van der Waals surface area contributed by atoms with Gasteiger partial charge in [-0.15, -0.1) is 0 Å². The Kier molecular flexibility index (Phi) is 5.63. The Morgan fingerprint density at radius 3 is 2.57 bits per heavy atom. The van der Waals surface area contributed by atoms with Gasteiger partial charge in [0.25, 0.3) is 0 Å². The maximum Gasteiger partial charge on any atom is 0.416 e. The van der Waals surface area contributed by atoms with Crippen molar-refractivity contribution < 1.29 is 19.0 Å². The second-order valence-corrected chi connectivity index (χ2v) is 9.51. The van der Waals surface area contributed by atoms with E-state index in [0.717, 1.165) is 40.1 Å². The lowest BCUT2D eigenvalue weighted by atomic mass is 9.92. The first-order chi connectivity index (χ1) is 17.0. The lowest BCUT2D eigenvalue weighted by molar-refractivity contribution is 0.135. The van der Waals surface area contributed by atoms with Gasteiger partial charge in [0.15, 0.2) is 0 Å². The highest BCUT2D eigenvalue weighted by Crippen LogP contribution is 2.40. The van der Waals surface area contributed by atoms with Gasteiger partial charge in [0, 0.05) is 28.2 Å². The minimum atomic E-state index is -0.382. The molecule has 0 saturated carbocycles. The molecule has 1 N–H and O–H groups in total. The number of aromatic amines is 1. The summed E-state index contributed by atoms with van der Waals surface area (Å²) in [6, 6.07) is 20.9. The molecule has 2 aliphatic heterocycles. The Hall–Kier alpha value is -3.48. The Morgan fingerprint density at radius 2 is 1.83 bits per heavy atom. The largest absolute Gasteiger partial charge is 0.491 e. The number of H-pyrrole nitrogens is 1. The van der Waals surface area contributed by atoms with E-state index in [1.165, 1.54) is 5.56 Å². The molecular weight excluding hydrogens is 464 g/mol. The molecule has 1 amide bonds. The Labute approximate surface area is 208 Å². The number of rotatable bonds is 5. The molecule has 0 bridgehead atoms. The zero-order valence-corrected chi connectivity index (χ0v) is 20.0. The number of epoxide rings is 1. The standard InChI is InChI=1S/C28H25ClN2O4/c1-17-2-7-21(8-3-17)35-28(32)31-13-12-23-24-14-19(29)6-11-25(24)30-26(23)27(31)18-4-9-20(10-5-18)33-15-22-16-34-22/h2-11,14,22,27,30H,12-13,15-16H2,1H3. The summed E-state index contributed by atoms with van der Waals surface area (Å²) in [4.78, 5) is 18.7. The van der Waals surface area contributed by atoms with Crippen molar-refractivity contribution >= 4 is 28.6 Å². The van der Waals surface area contributed by atoms with Crippen molar-refractivity contribution in [1.29, 1.82) is 0 Å².